The number of nitrogens with zero attached hydrogens (tertiary/aromatic N) is 8. The van der Waals surface area contributed by atoms with Gasteiger partial charge in [-0.15, -0.1) is 0 Å². The number of morpholine rings is 1. The van der Waals surface area contributed by atoms with Crippen molar-refractivity contribution in [1.29, 1.82) is 0 Å². The monoisotopic (exact) mass is 500 g/mol. The number of anilines is 2. The highest BCUT2D eigenvalue weighted by Gasteiger charge is 2.28. The fourth-order valence-electron chi connectivity index (χ4n) is 3.83. The van der Waals surface area contributed by atoms with Crippen LogP contribution in [0.4, 0.5) is 16.6 Å². The molecule has 1 amide bonds. The van der Waals surface area contributed by atoms with E-state index in [2.05, 4.69) is 19.9 Å². The Morgan fingerprint density at radius 1 is 1.17 bits per heavy atom. The minimum Gasteiger partial charge on any atom is -0.443 e. The van der Waals surface area contributed by atoms with Gasteiger partial charge in [-0.2, -0.15) is 0 Å². The first-order valence-electron chi connectivity index (χ1n) is 11.7. The Morgan fingerprint density at radius 2 is 1.86 bits per heavy atom. The first-order chi connectivity index (χ1) is 16.7. The summed E-state index contributed by atoms with van der Waals surface area (Å²) in [4.78, 5) is 38.8. The molecular formula is C23H29ClN8O3. The largest absolute Gasteiger partial charge is 0.443 e. The second-order valence-electron chi connectivity index (χ2n) is 9.89. The van der Waals surface area contributed by atoms with Gasteiger partial charge in [0.25, 0.3) is 0 Å². The van der Waals surface area contributed by atoms with Crippen LogP contribution >= 0.6 is 11.6 Å². The summed E-state index contributed by atoms with van der Waals surface area (Å²) in [5.41, 5.74) is 1.39. The normalized spacial score (nSPS) is 16.5. The van der Waals surface area contributed by atoms with Gasteiger partial charge in [0, 0.05) is 39.1 Å². The molecule has 12 heteroatoms. The Kier molecular flexibility index (Phi) is 6.22. The fraction of sp³-hybridized carbons (Fsp3) is 0.565. The lowest BCUT2D eigenvalue weighted by Gasteiger charge is -2.28. The highest BCUT2D eigenvalue weighted by Crippen LogP contribution is 2.35. The van der Waals surface area contributed by atoms with Crippen LogP contribution in [0.1, 0.15) is 33.6 Å². The van der Waals surface area contributed by atoms with Crippen molar-refractivity contribution in [3.63, 3.8) is 0 Å². The number of halogens is 1. The van der Waals surface area contributed by atoms with Crippen molar-refractivity contribution >= 4 is 40.6 Å². The van der Waals surface area contributed by atoms with Gasteiger partial charge < -0.3 is 14.4 Å². The topological polar surface area (TPSA) is 111 Å². The third-order valence-electron chi connectivity index (χ3n) is 5.84. The molecule has 2 aliphatic rings. The molecule has 11 nitrogen and oxygen atoms in total. The van der Waals surface area contributed by atoms with Gasteiger partial charge in [-0.05, 0) is 51.1 Å². The number of carbonyl (C=O) groups is 1. The molecule has 1 saturated heterocycles. The first kappa shape index (κ1) is 23.7. The van der Waals surface area contributed by atoms with Crippen molar-refractivity contribution in [2.75, 3.05) is 43.2 Å². The Labute approximate surface area is 208 Å². The Hall–Kier alpha value is -3.05. The number of fused-ring (bicyclic) bond motifs is 1. The third-order valence-corrected chi connectivity index (χ3v) is 6.13. The number of hydrogen-bond acceptors (Lipinski definition) is 9. The lowest BCUT2D eigenvalue weighted by atomic mass is 10.2. The average Bonchev–Trinajstić information content (AvgIpc) is 3.60. The molecule has 2 fully saturated rings. The highest BCUT2D eigenvalue weighted by molar-refractivity contribution is 6.29. The molecule has 0 atom stereocenters. The molecule has 4 heterocycles. The van der Waals surface area contributed by atoms with E-state index in [0.717, 1.165) is 12.4 Å². The molecular weight excluding hydrogens is 472 g/mol. The van der Waals surface area contributed by atoms with Gasteiger partial charge in [-0.3, -0.25) is 4.57 Å². The Bertz CT molecular complexity index is 1230. The lowest BCUT2D eigenvalue weighted by molar-refractivity contribution is 0.0587. The van der Waals surface area contributed by atoms with Gasteiger partial charge in [-0.25, -0.2) is 34.6 Å². The molecule has 3 aromatic rings. The van der Waals surface area contributed by atoms with E-state index in [1.807, 2.05) is 25.3 Å². The van der Waals surface area contributed by atoms with Crippen LogP contribution in [0.2, 0.25) is 5.28 Å². The van der Waals surface area contributed by atoms with Crippen molar-refractivity contribution in [3.8, 4) is 11.4 Å². The van der Waals surface area contributed by atoms with Crippen molar-refractivity contribution in [2.24, 2.45) is 5.92 Å². The van der Waals surface area contributed by atoms with E-state index in [1.54, 1.807) is 19.4 Å². The van der Waals surface area contributed by atoms with Gasteiger partial charge in [0.15, 0.2) is 22.8 Å². The van der Waals surface area contributed by atoms with E-state index in [1.165, 1.54) is 17.7 Å². The van der Waals surface area contributed by atoms with E-state index in [4.69, 9.17) is 31.0 Å². The predicted molar refractivity (Wildman–Crippen MR) is 132 cm³/mol. The number of imidazole rings is 1. The van der Waals surface area contributed by atoms with Gasteiger partial charge >= 0.3 is 6.09 Å². The zero-order valence-electron chi connectivity index (χ0n) is 20.4. The summed E-state index contributed by atoms with van der Waals surface area (Å²) in [6.07, 6.45) is 5.05. The van der Waals surface area contributed by atoms with Crippen LogP contribution in [0, 0.1) is 5.92 Å². The maximum atomic E-state index is 12.4. The summed E-state index contributed by atoms with van der Waals surface area (Å²) >= 11 is 6.55. The van der Waals surface area contributed by atoms with Crippen molar-refractivity contribution in [1.82, 2.24) is 29.5 Å². The second-order valence-corrected chi connectivity index (χ2v) is 10.2. The Balaban J connectivity index is 1.51. The quantitative estimate of drug-likeness (QED) is 0.485. The van der Waals surface area contributed by atoms with Gasteiger partial charge in [0.1, 0.15) is 5.60 Å². The number of amides is 1. The molecule has 0 aromatic carbocycles. The fourth-order valence-corrected chi connectivity index (χ4v) is 4.06. The van der Waals surface area contributed by atoms with Gasteiger partial charge in [0.2, 0.25) is 11.2 Å². The van der Waals surface area contributed by atoms with Crippen molar-refractivity contribution in [3.05, 3.63) is 17.7 Å². The number of hydrogen-bond donors (Lipinski definition) is 0. The zero-order chi connectivity index (χ0) is 24.7. The van der Waals surface area contributed by atoms with E-state index >= 15 is 0 Å². The standard InChI is InChI=1S/C23H29ClN8O3/c1-23(2,3)35-22(33)30(4)21-25-11-15(12-26-21)17-28-18(31-7-9-34-10-8-31)16-19(29-17)32(20(24)27-16)13-14-5-6-14/h11-12,14H,5-10,13H2,1-4H3. The molecule has 0 bridgehead atoms. The summed E-state index contributed by atoms with van der Waals surface area (Å²) in [7, 11) is 1.57. The molecule has 1 aliphatic heterocycles. The van der Waals surface area contributed by atoms with Crippen LogP contribution < -0.4 is 9.80 Å². The predicted octanol–water partition coefficient (Wildman–Crippen LogP) is 3.55. The number of ether oxygens (including phenoxy) is 2. The first-order valence-corrected chi connectivity index (χ1v) is 12.1. The molecule has 0 radical (unpaired) electrons. The second kappa shape index (κ2) is 9.19. The summed E-state index contributed by atoms with van der Waals surface area (Å²) in [5, 5.41) is 0.415. The minimum atomic E-state index is -0.616. The zero-order valence-corrected chi connectivity index (χ0v) is 21.1. The van der Waals surface area contributed by atoms with E-state index < -0.39 is 11.7 Å². The van der Waals surface area contributed by atoms with Gasteiger partial charge in [0.05, 0.1) is 18.8 Å². The van der Waals surface area contributed by atoms with Crippen LogP contribution in [-0.2, 0) is 16.0 Å². The molecule has 0 unspecified atom stereocenters. The molecule has 0 spiro atoms. The summed E-state index contributed by atoms with van der Waals surface area (Å²) in [6.45, 7) is 8.85. The number of rotatable bonds is 5. The number of carbonyl (C=O) groups excluding carboxylic acids is 1. The summed E-state index contributed by atoms with van der Waals surface area (Å²) in [6, 6.07) is 0. The molecule has 0 N–H and O–H groups in total. The molecule has 1 saturated carbocycles. The van der Waals surface area contributed by atoms with Crippen LogP contribution in [0.15, 0.2) is 12.4 Å². The smallest absolute Gasteiger partial charge is 0.416 e. The van der Waals surface area contributed by atoms with E-state index in [0.29, 0.717) is 60.1 Å². The summed E-state index contributed by atoms with van der Waals surface area (Å²) < 4.78 is 12.9. The van der Waals surface area contributed by atoms with Crippen LogP contribution in [0.3, 0.4) is 0 Å². The average molecular weight is 501 g/mol. The lowest BCUT2D eigenvalue weighted by Crippen LogP contribution is -2.37. The van der Waals surface area contributed by atoms with Crippen LogP contribution in [0.25, 0.3) is 22.6 Å². The molecule has 5 rings (SSSR count). The molecule has 1 aliphatic carbocycles. The maximum absolute atomic E-state index is 12.4. The van der Waals surface area contributed by atoms with E-state index in [-0.39, 0.29) is 5.95 Å². The van der Waals surface area contributed by atoms with Crippen molar-refractivity contribution < 1.29 is 14.3 Å². The molecule has 3 aromatic heterocycles. The van der Waals surface area contributed by atoms with Crippen LogP contribution in [-0.4, -0.2) is 74.5 Å². The third kappa shape index (κ3) is 5.15. The molecule has 35 heavy (non-hydrogen) atoms. The summed E-state index contributed by atoms with van der Waals surface area (Å²) in [5.74, 6) is 2.01. The van der Waals surface area contributed by atoms with Crippen molar-refractivity contribution in [2.45, 2.75) is 45.8 Å². The molecule has 186 valence electrons. The number of aromatic nitrogens is 6. The minimum absolute atomic E-state index is 0.222. The maximum Gasteiger partial charge on any atom is 0.416 e. The van der Waals surface area contributed by atoms with Gasteiger partial charge in [-0.1, -0.05) is 0 Å². The SMILES string of the molecule is CN(C(=O)OC(C)(C)C)c1ncc(-c2nc(N3CCOCC3)c3nc(Cl)n(CC4CC4)c3n2)cn1. The van der Waals surface area contributed by atoms with E-state index in [9.17, 15) is 4.79 Å². The van der Waals surface area contributed by atoms with Crippen LogP contribution in [0.5, 0.6) is 0 Å². The Morgan fingerprint density at radius 3 is 2.49 bits per heavy atom. The highest BCUT2D eigenvalue weighted by atomic mass is 35.5.